The fourth-order valence-corrected chi connectivity index (χ4v) is 1.06. The van der Waals surface area contributed by atoms with Crippen LogP contribution < -0.4 is 10.9 Å². The number of likely N-dealkylation sites (N-methyl/N-ethyl adjacent to an activating group) is 1. The molecule has 1 aromatic rings. The maximum Gasteiger partial charge on any atom is 0.253 e. The lowest BCUT2D eigenvalue weighted by atomic mass is 10.4. The highest BCUT2D eigenvalue weighted by Gasteiger charge is 1.95. The van der Waals surface area contributed by atoms with Crippen LogP contribution >= 0.6 is 0 Å². The van der Waals surface area contributed by atoms with Crippen molar-refractivity contribution in [2.45, 2.75) is 20.4 Å². The normalized spacial score (nSPS) is 10.3. The van der Waals surface area contributed by atoms with E-state index in [0.717, 1.165) is 18.8 Å². The molecule has 1 aromatic heterocycles. The van der Waals surface area contributed by atoms with E-state index in [2.05, 4.69) is 10.3 Å². The summed E-state index contributed by atoms with van der Waals surface area (Å²) in [5, 5.41) is 3.15. The van der Waals surface area contributed by atoms with Crippen molar-refractivity contribution >= 4 is 0 Å². The summed E-state index contributed by atoms with van der Waals surface area (Å²) in [4.78, 5) is 15.4. The highest BCUT2D eigenvalue weighted by molar-refractivity contribution is 4.95. The molecular formula is C9H15N3O. The predicted molar refractivity (Wildman–Crippen MR) is 51.8 cm³/mol. The topological polar surface area (TPSA) is 46.9 Å². The van der Waals surface area contributed by atoms with E-state index in [0.29, 0.717) is 6.54 Å². The number of aromatic nitrogens is 2. The molecule has 0 bridgehead atoms. The van der Waals surface area contributed by atoms with Crippen LogP contribution in [0.1, 0.15) is 12.6 Å². The van der Waals surface area contributed by atoms with Crippen molar-refractivity contribution < 1.29 is 0 Å². The van der Waals surface area contributed by atoms with E-state index in [-0.39, 0.29) is 5.56 Å². The van der Waals surface area contributed by atoms with Crippen LogP contribution in [0.5, 0.6) is 0 Å². The molecule has 0 aliphatic carbocycles. The monoisotopic (exact) mass is 181 g/mol. The van der Waals surface area contributed by atoms with Crippen LogP contribution in [0.4, 0.5) is 0 Å². The molecule has 4 heteroatoms. The molecule has 0 saturated carbocycles. The van der Waals surface area contributed by atoms with Crippen molar-refractivity contribution in [1.29, 1.82) is 0 Å². The van der Waals surface area contributed by atoms with Gasteiger partial charge in [-0.25, -0.2) is 4.98 Å². The minimum atomic E-state index is 0.0189. The highest BCUT2D eigenvalue weighted by Crippen LogP contribution is 1.83. The van der Waals surface area contributed by atoms with Crippen LogP contribution in [0.15, 0.2) is 17.2 Å². The van der Waals surface area contributed by atoms with Gasteiger partial charge < -0.3 is 5.32 Å². The minimum Gasteiger partial charge on any atom is -0.315 e. The summed E-state index contributed by atoms with van der Waals surface area (Å²) in [5.41, 5.74) is 0.787. The lowest BCUT2D eigenvalue weighted by Crippen LogP contribution is -2.26. The van der Waals surface area contributed by atoms with Gasteiger partial charge in [-0.15, -0.1) is 0 Å². The Labute approximate surface area is 77.6 Å². The van der Waals surface area contributed by atoms with Gasteiger partial charge in [-0.3, -0.25) is 9.36 Å². The van der Waals surface area contributed by atoms with Crippen LogP contribution in [-0.2, 0) is 6.54 Å². The lowest BCUT2D eigenvalue weighted by Gasteiger charge is -2.04. The van der Waals surface area contributed by atoms with Crippen molar-refractivity contribution in [3.63, 3.8) is 0 Å². The van der Waals surface area contributed by atoms with Crippen molar-refractivity contribution in [3.05, 3.63) is 28.4 Å². The zero-order chi connectivity index (χ0) is 9.68. The van der Waals surface area contributed by atoms with Crippen LogP contribution in [0.25, 0.3) is 0 Å². The number of aryl methyl sites for hydroxylation is 1. The molecule has 4 nitrogen and oxygen atoms in total. The first-order chi connectivity index (χ1) is 6.24. The molecule has 0 amide bonds. The summed E-state index contributed by atoms with van der Waals surface area (Å²) in [5.74, 6) is 0. The van der Waals surface area contributed by atoms with E-state index in [9.17, 15) is 4.79 Å². The van der Waals surface area contributed by atoms with Crippen LogP contribution in [0.3, 0.4) is 0 Å². The number of nitrogens with one attached hydrogen (secondary N) is 1. The van der Waals surface area contributed by atoms with Gasteiger partial charge in [0.2, 0.25) is 0 Å². The maximum atomic E-state index is 11.3. The third-order valence-electron chi connectivity index (χ3n) is 1.80. The second-order valence-electron chi connectivity index (χ2n) is 2.92. The Morgan fingerprint density at radius 1 is 1.62 bits per heavy atom. The summed E-state index contributed by atoms with van der Waals surface area (Å²) in [6, 6.07) is 1.55. The number of hydrogen-bond acceptors (Lipinski definition) is 3. The first-order valence-electron chi connectivity index (χ1n) is 4.48. The van der Waals surface area contributed by atoms with Crippen molar-refractivity contribution in [3.8, 4) is 0 Å². The molecule has 0 aromatic carbocycles. The second kappa shape index (κ2) is 4.77. The van der Waals surface area contributed by atoms with Crippen molar-refractivity contribution in [2.24, 2.45) is 0 Å². The molecule has 0 unspecified atom stereocenters. The Bertz CT molecular complexity index is 319. The molecule has 0 spiro atoms. The molecule has 0 atom stereocenters. The minimum absolute atomic E-state index is 0.0189. The smallest absolute Gasteiger partial charge is 0.253 e. The van der Waals surface area contributed by atoms with E-state index < -0.39 is 0 Å². The van der Waals surface area contributed by atoms with E-state index in [1.165, 1.54) is 0 Å². The molecule has 1 N–H and O–H groups in total. The highest BCUT2D eigenvalue weighted by atomic mass is 16.1. The van der Waals surface area contributed by atoms with Crippen LogP contribution in [-0.4, -0.2) is 22.6 Å². The Morgan fingerprint density at radius 3 is 3.00 bits per heavy atom. The summed E-state index contributed by atoms with van der Waals surface area (Å²) in [6.07, 6.45) is 1.59. The van der Waals surface area contributed by atoms with Gasteiger partial charge in [0.25, 0.3) is 5.56 Å². The van der Waals surface area contributed by atoms with Crippen molar-refractivity contribution in [1.82, 2.24) is 14.9 Å². The zero-order valence-corrected chi connectivity index (χ0v) is 8.08. The third-order valence-corrected chi connectivity index (χ3v) is 1.80. The summed E-state index contributed by atoms with van der Waals surface area (Å²) in [7, 11) is 0. The molecule has 0 saturated heterocycles. The first kappa shape index (κ1) is 9.92. The fraction of sp³-hybridized carbons (Fsp3) is 0.556. The lowest BCUT2D eigenvalue weighted by molar-refractivity contribution is 0.590. The SMILES string of the molecule is CCNCCn1cnc(C)cc1=O. The van der Waals surface area contributed by atoms with E-state index >= 15 is 0 Å². The van der Waals surface area contributed by atoms with Gasteiger partial charge in [0, 0.05) is 24.8 Å². The summed E-state index contributed by atoms with van der Waals surface area (Å²) in [6.45, 7) is 6.27. The molecule has 1 heterocycles. The average molecular weight is 181 g/mol. The third kappa shape index (κ3) is 2.99. The molecule has 72 valence electrons. The Hall–Kier alpha value is -1.16. The number of nitrogens with zero attached hydrogens (tertiary/aromatic N) is 2. The second-order valence-corrected chi connectivity index (χ2v) is 2.92. The van der Waals surface area contributed by atoms with Crippen LogP contribution in [0.2, 0.25) is 0 Å². The van der Waals surface area contributed by atoms with E-state index in [1.807, 2.05) is 13.8 Å². The molecule has 13 heavy (non-hydrogen) atoms. The van der Waals surface area contributed by atoms with Crippen LogP contribution in [0, 0.1) is 6.92 Å². The zero-order valence-electron chi connectivity index (χ0n) is 8.08. The van der Waals surface area contributed by atoms with E-state index in [1.54, 1.807) is 17.0 Å². The van der Waals surface area contributed by atoms with Gasteiger partial charge in [-0.2, -0.15) is 0 Å². The van der Waals surface area contributed by atoms with Gasteiger partial charge in [-0.05, 0) is 13.5 Å². The van der Waals surface area contributed by atoms with Gasteiger partial charge in [0.15, 0.2) is 0 Å². The summed E-state index contributed by atoms with van der Waals surface area (Å²) < 4.78 is 1.61. The maximum absolute atomic E-state index is 11.3. The Kier molecular flexibility index (Phi) is 3.64. The summed E-state index contributed by atoms with van der Waals surface area (Å²) >= 11 is 0. The average Bonchev–Trinajstić information content (AvgIpc) is 2.09. The van der Waals surface area contributed by atoms with E-state index in [4.69, 9.17) is 0 Å². The molecular weight excluding hydrogens is 166 g/mol. The van der Waals surface area contributed by atoms with Gasteiger partial charge in [0.1, 0.15) is 0 Å². The van der Waals surface area contributed by atoms with Gasteiger partial charge >= 0.3 is 0 Å². The molecule has 0 aliphatic heterocycles. The standard InChI is InChI=1S/C9H15N3O/c1-3-10-4-5-12-7-11-8(2)6-9(12)13/h6-7,10H,3-5H2,1-2H3. The molecule has 0 fully saturated rings. The number of rotatable bonds is 4. The fourth-order valence-electron chi connectivity index (χ4n) is 1.06. The number of hydrogen-bond donors (Lipinski definition) is 1. The Balaban J connectivity index is 2.62. The molecule has 1 rings (SSSR count). The predicted octanol–water partition coefficient (Wildman–Crippen LogP) is 0.161. The molecule has 0 aliphatic rings. The quantitative estimate of drug-likeness (QED) is 0.673. The van der Waals surface area contributed by atoms with Gasteiger partial charge in [-0.1, -0.05) is 6.92 Å². The first-order valence-corrected chi connectivity index (χ1v) is 4.48. The Morgan fingerprint density at radius 2 is 2.38 bits per heavy atom. The van der Waals surface area contributed by atoms with Crippen molar-refractivity contribution in [2.75, 3.05) is 13.1 Å². The largest absolute Gasteiger partial charge is 0.315 e. The molecule has 0 radical (unpaired) electrons. The van der Waals surface area contributed by atoms with Gasteiger partial charge in [0.05, 0.1) is 6.33 Å².